The fourth-order valence-electron chi connectivity index (χ4n) is 2.89. The lowest BCUT2D eigenvalue weighted by molar-refractivity contribution is -0.131. The zero-order valence-electron chi connectivity index (χ0n) is 16.4. The zero-order valence-corrected chi connectivity index (χ0v) is 16.4. The maximum absolute atomic E-state index is 12.7. The number of ketones is 1. The van der Waals surface area contributed by atoms with Crippen molar-refractivity contribution in [2.75, 3.05) is 14.1 Å². The van der Waals surface area contributed by atoms with Gasteiger partial charge in [-0.25, -0.2) is 0 Å². The van der Waals surface area contributed by atoms with Crippen LogP contribution in [0, 0.1) is 5.92 Å². The molecule has 5 nitrogen and oxygen atoms in total. The lowest BCUT2D eigenvalue weighted by atomic mass is 9.96. The normalized spacial score (nSPS) is 11.8. The Morgan fingerprint density at radius 3 is 2.22 bits per heavy atom. The van der Waals surface area contributed by atoms with Crippen molar-refractivity contribution < 1.29 is 14.4 Å². The molecule has 0 heterocycles. The van der Waals surface area contributed by atoms with Crippen molar-refractivity contribution in [2.45, 2.75) is 26.8 Å². The van der Waals surface area contributed by atoms with E-state index in [0.29, 0.717) is 11.1 Å². The average molecular weight is 366 g/mol. The summed E-state index contributed by atoms with van der Waals surface area (Å²) in [4.78, 5) is 38.4. The van der Waals surface area contributed by atoms with E-state index in [1.165, 1.54) is 11.8 Å². The van der Waals surface area contributed by atoms with E-state index in [4.69, 9.17) is 0 Å². The molecule has 2 amide bonds. The molecule has 1 N–H and O–H groups in total. The summed E-state index contributed by atoms with van der Waals surface area (Å²) in [6, 6.07) is 13.8. The quantitative estimate of drug-likeness (QED) is 0.797. The molecule has 0 radical (unpaired) electrons. The molecule has 0 aromatic heterocycles. The molecule has 1 atom stereocenters. The largest absolute Gasteiger partial charge is 0.347 e. The van der Waals surface area contributed by atoms with Gasteiger partial charge in [-0.05, 0) is 36.1 Å². The molecule has 0 spiro atoms. The van der Waals surface area contributed by atoms with Crippen LogP contribution in [0.5, 0.6) is 0 Å². The van der Waals surface area contributed by atoms with Gasteiger partial charge in [0.2, 0.25) is 5.91 Å². The Kier molecular flexibility index (Phi) is 6.50. The fourth-order valence-corrected chi connectivity index (χ4v) is 2.89. The molecule has 142 valence electrons. The van der Waals surface area contributed by atoms with Crippen molar-refractivity contribution in [2.24, 2.45) is 5.92 Å². The SMILES string of the molecule is CC(=O)c1ccccc1-c1cccc(C(=O)N[C@@H](C(=O)N(C)C)C(C)C)c1. The molecule has 0 aliphatic carbocycles. The van der Waals surface area contributed by atoms with Crippen molar-refractivity contribution in [1.82, 2.24) is 10.2 Å². The van der Waals surface area contributed by atoms with Gasteiger partial charge in [-0.2, -0.15) is 0 Å². The highest BCUT2D eigenvalue weighted by atomic mass is 16.2. The molecule has 0 bridgehead atoms. The van der Waals surface area contributed by atoms with Crippen molar-refractivity contribution >= 4 is 17.6 Å². The van der Waals surface area contributed by atoms with Crippen molar-refractivity contribution in [3.05, 3.63) is 59.7 Å². The lowest BCUT2D eigenvalue weighted by Crippen LogP contribution is -2.49. The number of nitrogens with zero attached hydrogens (tertiary/aromatic N) is 1. The maximum Gasteiger partial charge on any atom is 0.251 e. The number of carbonyl (C=O) groups excluding carboxylic acids is 3. The number of carbonyl (C=O) groups is 3. The molecular formula is C22H26N2O3. The van der Waals surface area contributed by atoms with Crippen LogP contribution in [0.1, 0.15) is 41.5 Å². The first-order valence-electron chi connectivity index (χ1n) is 8.94. The third-order valence-electron chi connectivity index (χ3n) is 4.40. The second-order valence-electron chi connectivity index (χ2n) is 7.11. The van der Waals surface area contributed by atoms with Crippen LogP contribution in [0.3, 0.4) is 0 Å². The summed E-state index contributed by atoms with van der Waals surface area (Å²) < 4.78 is 0. The highest BCUT2D eigenvalue weighted by molar-refractivity contribution is 6.02. The van der Waals surface area contributed by atoms with Gasteiger partial charge in [0.15, 0.2) is 5.78 Å². The molecule has 0 saturated carbocycles. The van der Waals surface area contributed by atoms with E-state index in [0.717, 1.165) is 11.1 Å². The predicted molar refractivity (Wildman–Crippen MR) is 107 cm³/mol. The number of Topliss-reactive ketones (excluding diaryl/α,β-unsaturated/α-hetero) is 1. The smallest absolute Gasteiger partial charge is 0.251 e. The third kappa shape index (κ3) is 4.82. The molecule has 2 aromatic rings. The molecule has 0 aliphatic rings. The van der Waals surface area contributed by atoms with Gasteiger partial charge in [0, 0.05) is 25.2 Å². The molecule has 5 heteroatoms. The topological polar surface area (TPSA) is 66.5 Å². The molecule has 0 saturated heterocycles. The number of rotatable bonds is 6. The number of hydrogen-bond acceptors (Lipinski definition) is 3. The molecule has 2 aromatic carbocycles. The summed E-state index contributed by atoms with van der Waals surface area (Å²) >= 11 is 0. The van der Waals surface area contributed by atoms with E-state index in [-0.39, 0.29) is 23.5 Å². The van der Waals surface area contributed by atoms with Gasteiger partial charge in [0.05, 0.1) is 0 Å². The van der Waals surface area contributed by atoms with Gasteiger partial charge in [0.1, 0.15) is 6.04 Å². The summed E-state index contributed by atoms with van der Waals surface area (Å²) in [5.74, 6) is -0.523. The Morgan fingerprint density at radius 1 is 0.963 bits per heavy atom. The third-order valence-corrected chi connectivity index (χ3v) is 4.40. The number of hydrogen-bond donors (Lipinski definition) is 1. The minimum absolute atomic E-state index is 0.0306. The van der Waals surface area contributed by atoms with Crippen molar-refractivity contribution in [3.8, 4) is 11.1 Å². The maximum atomic E-state index is 12.7. The first kappa shape index (κ1) is 20.4. The van der Waals surface area contributed by atoms with E-state index in [9.17, 15) is 14.4 Å². The second kappa shape index (κ2) is 8.62. The Hall–Kier alpha value is -2.95. The van der Waals surface area contributed by atoms with Gasteiger partial charge in [-0.3, -0.25) is 14.4 Å². The van der Waals surface area contributed by atoms with Crippen LogP contribution < -0.4 is 5.32 Å². The summed E-state index contributed by atoms with van der Waals surface area (Å²) in [5.41, 5.74) is 2.62. The van der Waals surface area contributed by atoms with Crippen molar-refractivity contribution in [1.29, 1.82) is 0 Å². The molecule has 0 unspecified atom stereocenters. The molecular weight excluding hydrogens is 340 g/mol. The van der Waals surface area contributed by atoms with E-state index in [1.807, 2.05) is 38.1 Å². The van der Waals surface area contributed by atoms with Crippen LogP contribution in [0.15, 0.2) is 48.5 Å². The van der Waals surface area contributed by atoms with Crippen LogP contribution in [-0.4, -0.2) is 42.6 Å². The number of amides is 2. The van der Waals surface area contributed by atoms with Crippen LogP contribution in [0.2, 0.25) is 0 Å². The van der Waals surface area contributed by atoms with Crippen LogP contribution in [0.4, 0.5) is 0 Å². The van der Waals surface area contributed by atoms with Crippen LogP contribution in [0.25, 0.3) is 11.1 Å². The Bertz CT molecular complexity index is 856. The first-order valence-corrected chi connectivity index (χ1v) is 8.94. The van der Waals surface area contributed by atoms with Gasteiger partial charge in [-0.15, -0.1) is 0 Å². The van der Waals surface area contributed by atoms with E-state index in [2.05, 4.69) is 5.32 Å². The monoisotopic (exact) mass is 366 g/mol. The minimum atomic E-state index is -0.597. The summed E-state index contributed by atoms with van der Waals surface area (Å²) in [6.07, 6.45) is 0. The summed E-state index contributed by atoms with van der Waals surface area (Å²) in [7, 11) is 3.34. The van der Waals surface area contributed by atoms with Gasteiger partial charge in [0.25, 0.3) is 5.91 Å². The summed E-state index contributed by atoms with van der Waals surface area (Å²) in [6.45, 7) is 5.31. The highest BCUT2D eigenvalue weighted by Crippen LogP contribution is 2.25. The van der Waals surface area contributed by atoms with Crippen LogP contribution in [-0.2, 0) is 4.79 Å². The van der Waals surface area contributed by atoms with Gasteiger partial charge < -0.3 is 10.2 Å². The zero-order chi connectivity index (χ0) is 20.1. The average Bonchev–Trinajstić information content (AvgIpc) is 2.65. The molecule has 2 rings (SSSR count). The fraction of sp³-hybridized carbons (Fsp3) is 0.318. The molecule has 0 fully saturated rings. The Morgan fingerprint density at radius 2 is 1.63 bits per heavy atom. The first-order chi connectivity index (χ1) is 12.7. The number of benzene rings is 2. The van der Waals surface area contributed by atoms with Gasteiger partial charge in [-0.1, -0.05) is 50.2 Å². The van der Waals surface area contributed by atoms with Gasteiger partial charge >= 0.3 is 0 Å². The van der Waals surface area contributed by atoms with E-state index >= 15 is 0 Å². The second-order valence-corrected chi connectivity index (χ2v) is 7.11. The number of nitrogens with one attached hydrogen (secondary N) is 1. The predicted octanol–water partition coefficient (Wildman–Crippen LogP) is 3.40. The highest BCUT2D eigenvalue weighted by Gasteiger charge is 2.26. The molecule has 27 heavy (non-hydrogen) atoms. The Balaban J connectivity index is 2.33. The number of likely N-dealkylation sites (N-methyl/N-ethyl adjacent to an activating group) is 1. The Labute approximate surface area is 160 Å². The molecule has 0 aliphatic heterocycles. The van der Waals surface area contributed by atoms with Crippen LogP contribution >= 0.6 is 0 Å². The standard InChI is InChI=1S/C22H26N2O3/c1-14(2)20(22(27)24(4)5)23-21(26)17-10-8-9-16(13-17)19-12-7-6-11-18(19)15(3)25/h6-14,20H,1-5H3,(H,23,26)/t20-/m1/s1. The van der Waals surface area contributed by atoms with E-state index in [1.54, 1.807) is 38.4 Å². The van der Waals surface area contributed by atoms with E-state index < -0.39 is 6.04 Å². The minimum Gasteiger partial charge on any atom is -0.347 e. The summed E-state index contributed by atoms with van der Waals surface area (Å²) in [5, 5.41) is 2.83. The van der Waals surface area contributed by atoms with Crippen molar-refractivity contribution in [3.63, 3.8) is 0 Å². The lowest BCUT2D eigenvalue weighted by Gasteiger charge is -2.24.